The first-order chi connectivity index (χ1) is 15.1. The quantitative estimate of drug-likeness (QED) is 0.351. The Morgan fingerprint density at radius 1 is 0.968 bits per heavy atom. The summed E-state index contributed by atoms with van der Waals surface area (Å²) < 4.78 is 2.16. The average Bonchev–Trinajstić information content (AvgIpc) is 3.19. The average molecular weight is 410 g/mol. The van der Waals surface area contributed by atoms with Crippen LogP contribution in [0.1, 0.15) is 22.3 Å². The number of carbonyl (C=O) groups is 2. The monoisotopic (exact) mass is 410 g/mol. The van der Waals surface area contributed by atoms with Gasteiger partial charge in [-0.2, -0.15) is 0 Å². The van der Waals surface area contributed by atoms with E-state index in [0.29, 0.717) is 11.3 Å². The van der Waals surface area contributed by atoms with E-state index in [1.807, 2.05) is 85.1 Å². The van der Waals surface area contributed by atoms with Crippen molar-refractivity contribution in [1.82, 2.24) is 4.57 Å². The molecule has 1 amide bonds. The first-order valence-corrected chi connectivity index (χ1v) is 10.0. The normalized spacial score (nSPS) is 11.1. The van der Waals surface area contributed by atoms with Crippen LogP contribution >= 0.6 is 0 Å². The summed E-state index contributed by atoms with van der Waals surface area (Å²) in [6, 6.07) is 23.2. The zero-order chi connectivity index (χ0) is 21.6. The van der Waals surface area contributed by atoms with Gasteiger partial charge in [0, 0.05) is 34.8 Å². The van der Waals surface area contributed by atoms with E-state index >= 15 is 0 Å². The Morgan fingerprint density at radius 2 is 1.77 bits per heavy atom. The third-order valence-electron chi connectivity index (χ3n) is 5.15. The molecule has 31 heavy (non-hydrogen) atoms. The zero-order valence-electron chi connectivity index (χ0n) is 16.9. The van der Waals surface area contributed by atoms with Gasteiger partial charge in [0.15, 0.2) is 0 Å². The van der Waals surface area contributed by atoms with Crippen LogP contribution in [0.5, 0.6) is 0 Å². The number of fused-ring (bicyclic) bond motifs is 1. The largest absolute Gasteiger partial charge is 0.465 e. The minimum absolute atomic E-state index is 0.559. The van der Waals surface area contributed by atoms with Gasteiger partial charge >= 0.3 is 6.09 Å². The predicted molar refractivity (Wildman–Crippen MR) is 125 cm³/mol. The molecule has 0 fully saturated rings. The molecule has 0 bridgehead atoms. The van der Waals surface area contributed by atoms with E-state index in [1.165, 1.54) is 0 Å². The Balaban J connectivity index is 1.49. The number of aldehydes is 1. The summed E-state index contributed by atoms with van der Waals surface area (Å²) in [4.78, 5) is 22.2. The second-order valence-corrected chi connectivity index (χ2v) is 7.24. The molecule has 1 heterocycles. The van der Waals surface area contributed by atoms with Crippen molar-refractivity contribution in [3.05, 3.63) is 96.2 Å². The van der Waals surface area contributed by atoms with Crippen molar-refractivity contribution in [2.24, 2.45) is 0 Å². The van der Waals surface area contributed by atoms with E-state index in [-0.39, 0.29) is 0 Å². The number of aryl methyl sites for hydroxylation is 1. The molecule has 5 nitrogen and oxygen atoms in total. The predicted octanol–water partition coefficient (Wildman–Crippen LogP) is 6.31. The van der Waals surface area contributed by atoms with Crippen molar-refractivity contribution < 1.29 is 14.7 Å². The van der Waals surface area contributed by atoms with Gasteiger partial charge in [-0.15, -0.1) is 0 Å². The molecule has 0 aliphatic heterocycles. The van der Waals surface area contributed by atoms with Gasteiger partial charge in [0.1, 0.15) is 6.29 Å². The van der Waals surface area contributed by atoms with Crippen LogP contribution in [0.25, 0.3) is 28.1 Å². The number of anilines is 1. The van der Waals surface area contributed by atoms with Gasteiger partial charge in [0.25, 0.3) is 0 Å². The second kappa shape index (κ2) is 9.13. The highest BCUT2D eigenvalue weighted by Crippen LogP contribution is 2.29. The van der Waals surface area contributed by atoms with Gasteiger partial charge in [-0.05, 0) is 47.9 Å². The van der Waals surface area contributed by atoms with Crippen LogP contribution in [0.15, 0.2) is 85.1 Å². The summed E-state index contributed by atoms with van der Waals surface area (Å²) in [5.41, 5.74) is 5.06. The van der Waals surface area contributed by atoms with Gasteiger partial charge in [-0.1, -0.05) is 54.6 Å². The Morgan fingerprint density at radius 3 is 2.55 bits per heavy atom. The summed E-state index contributed by atoms with van der Waals surface area (Å²) in [6.07, 6.45) is 6.69. The highest BCUT2D eigenvalue weighted by Gasteiger charge is 2.08. The number of benzene rings is 3. The molecule has 0 spiro atoms. The Labute approximate surface area is 180 Å². The van der Waals surface area contributed by atoms with Crippen LogP contribution in [-0.2, 0) is 6.54 Å². The Hall–Kier alpha value is -4.12. The van der Waals surface area contributed by atoms with E-state index in [1.54, 1.807) is 0 Å². The van der Waals surface area contributed by atoms with Crippen molar-refractivity contribution >= 4 is 35.0 Å². The number of rotatable bonds is 7. The zero-order valence-corrected chi connectivity index (χ0v) is 16.9. The van der Waals surface area contributed by atoms with Gasteiger partial charge in [-0.25, -0.2) is 4.79 Å². The fraction of sp³-hybridized carbons (Fsp3) is 0.0769. The maximum Gasteiger partial charge on any atom is 0.409 e. The summed E-state index contributed by atoms with van der Waals surface area (Å²) in [6.45, 7) is 0.808. The summed E-state index contributed by atoms with van der Waals surface area (Å²) in [7, 11) is 0. The minimum atomic E-state index is -1.09. The van der Waals surface area contributed by atoms with Crippen molar-refractivity contribution in [2.45, 2.75) is 13.0 Å². The highest BCUT2D eigenvalue weighted by atomic mass is 16.4. The van der Waals surface area contributed by atoms with Crippen LogP contribution in [-0.4, -0.2) is 22.1 Å². The molecule has 4 rings (SSSR count). The molecule has 0 atom stereocenters. The first-order valence-electron chi connectivity index (χ1n) is 10.0. The van der Waals surface area contributed by atoms with Crippen LogP contribution in [0.2, 0.25) is 0 Å². The maximum absolute atomic E-state index is 11.3. The summed E-state index contributed by atoms with van der Waals surface area (Å²) >= 11 is 0. The fourth-order valence-electron chi connectivity index (χ4n) is 3.67. The molecule has 0 aliphatic carbocycles. The smallest absolute Gasteiger partial charge is 0.409 e. The molecular weight excluding hydrogens is 388 g/mol. The number of carboxylic acid groups (broad SMARTS) is 1. The number of aromatic nitrogens is 1. The van der Waals surface area contributed by atoms with Crippen LogP contribution in [0, 0.1) is 0 Å². The molecule has 2 N–H and O–H groups in total. The lowest BCUT2D eigenvalue weighted by Gasteiger charge is -2.11. The lowest BCUT2D eigenvalue weighted by molar-refractivity contribution is 0.112. The van der Waals surface area contributed by atoms with Crippen molar-refractivity contribution in [2.75, 3.05) is 5.32 Å². The molecule has 154 valence electrons. The first kappa shape index (κ1) is 20.2. The molecule has 5 heteroatoms. The number of amides is 1. The van der Waals surface area contributed by atoms with Crippen molar-refractivity contribution in [3.8, 4) is 11.1 Å². The van der Waals surface area contributed by atoms with E-state index < -0.39 is 6.09 Å². The van der Waals surface area contributed by atoms with Crippen LogP contribution < -0.4 is 5.32 Å². The van der Waals surface area contributed by atoms with Gasteiger partial charge < -0.3 is 9.67 Å². The molecule has 1 aromatic heterocycles. The van der Waals surface area contributed by atoms with Crippen LogP contribution in [0.4, 0.5) is 10.5 Å². The van der Waals surface area contributed by atoms with E-state index in [0.717, 1.165) is 46.8 Å². The number of carbonyl (C=O) groups excluding carboxylic acids is 1. The molecular formula is C26H22N2O3. The molecule has 0 radical (unpaired) electrons. The third-order valence-corrected chi connectivity index (χ3v) is 5.15. The molecule has 0 saturated carbocycles. The SMILES string of the molecule is O=Cc1ccc2c(ccn2CCC=Cc2ccc(-c3ccccc3)c(NC(=O)O)c2)c1. The Kier molecular flexibility index (Phi) is 5.94. The van der Waals surface area contributed by atoms with Crippen LogP contribution in [0.3, 0.4) is 0 Å². The molecule has 4 aromatic rings. The summed E-state index contributed by atoms with van der Waals surface area (Å²) in [5, 5.41) is 12.8. The number of allylic oxidation sites excluding steroid dienone is 1. The van der Waals surface area contributed by atoms with E-state index in [9.17, 15) is 14.7 Å². The van der Waals surface area contributed by atoms with E-state index in [4.69, 9.17) is 0 Å². The number of nitrogens with one attached hydrogen (secondary N) is 1. The summed E-state index contributed by atoms with van der Waals surface area (Å²) in [5.74, 6) is 0. The number of hydrogen-bond acceptors (Lipinski definition) is 2. The van der Waals surface area contributed by atoms with Gasteiger partial charge in [0.2, 0.25) is 0 Å². The standard InChI is InChI=1S/C26H22N2O3/c29-18-20-10-12-25-22(16-20)13-15-28(25)14-5-4-6-19-9-11-23(21-7-2-1-3-8-21)24(17-19)27-26(30)31/h1-4,6-13,15-18,27H,5,14H2,(H,30,31). The third kappa shape index (κ3) is 4.73. The lowest BCUT2D eigenvalue weighted by atomic mass is 10.0. The Bertz CT molecular complexity index is 1260. The maximum atomic E-state index is 11.3. The molecule has 0 saturated heterocycles. The topological polar surface area (TPSA) is 71.3 Å². The number of nitrogens with zero attached hydrogens (tertiary/aromatic N) is 1. The number of hydrogen-bond donors (Lipinski definition) is 2. The second-order valence-electron chi connectivity index (χ2n) is 7.24. The van der Waals surface area contributed by atoms with Crippen molar-refractivity contribution in [1.29, 1.82) is 0 Å². The molecule has 0 unspecified atom stereocenters. The lowest BCUT2D eigenvalue weighted by Crippen LogP contribution is -2.08. The van der Waals surface area contributed by atoms with Crippen molar-refractivity contribution in [3.63, 3.8) is 0 Å². The molecule has 0 aliphatic rings. The highest BCUT2D eigenvalue weighted by molar-refractivity contribution is 5.91. The fourth-order valence-corrected chi connectivity index (χ4v) is 3.67. The van der Waals surface area contributed by atoms with E-state index in [2.05, 4.69) is 16.0 Å². The molecule has 3 aromatic carbocycles. The van der Waals surface area contributed by atoms with Gasteiger partial charge in [-0.3, -0.25) is 10.1 Å². The van der Waals surface area contributed by atoms with Gasteiger partial charge in [0.05, 0.1) is 5.69 Å². The minimum Gasteiger partial charge on any atom is -0.465 e.